The molecule has 2 aliphatic rings. The molecule has 4 rings (SSSR count). The van der Waals surface area contributed by atoms with Crippen LogP contribution >= 0.6 is 0 Å². The van der Waals surface area contributed by atoms with Crippen LogP contribution in [-0.2, 0) is 25.3 Å². The molecular weight excluding hydrogens is 538 g/mol. The van der Waals surface area contributed by atoms with Crippen molar-refractivity contribution < 1.29 is 33.0 Å². The number of imide groups is 1. The highest BCUT2D eigenvalue weighted by atomic mass is 28.4. The summed E-state index contributed by atoms with van der Waals surface area (Å²) in [5.74, 6) is 0.0687. The summed E-state index contributed by atoms with van der Waals surface area (Å²) in [7, 11) is -0.644. The highest BCUT2D eigenvalue weighted by molar-refractivity contribution is 6.74. The van der Waals surface area contributed by atoms with Crippen LogP contribution in [0.1, 0.15) is 60.4 Å². The van der Waals surface area contributed by atoms with Crippen molar-refractivity contribution in [1.29, 1.82) is 0 Å². The lowest BCUT2D eigenvalue weighted by atomic mass is 9.87. The fraction of sp³-hybridized carbons (Fsp3) is 0.531. The Morgan fingerprint density at radius 1 is 1.02 bits per heavy atom. The van der Waals surface area contributed by atoms with Gasteiger partial charge in [0.2, 0.25) is 0 Å². The number of hydrogen-bond acceptors (Lipinski definition) is 7. The molecule has 5 atom stereocenters. The van der Waals surface area contributed by atoms with E-state index in [1.165, 1.54) is 4.90 Å². The number of benzene rings is 2. The van der Waals surface area contributed by atoms with E-state index in [0.29, 0.717) is 30.8 Å². The largest absolute Gasteiger partial charge is 0.497 e. The number of ether oxygens (including phenoxy) is 3. The highest BCUT2D eigenvalue weighted by Gasteiger charge is 2.46. The van der Waals surface area contributed by atoms with Crippen LogP contribution in [0.4, 0.5) is 0 Å². The van der Waals surface area contributed by atoms with E-state index in [9.17, 15) is 14.4 Å². The first-order valence-electron chi connectivity index (χ1n) is 14.3. The molecule has 8 nitrogen and oxygen atoms in total. The van der Waals surface area contributed by atoms with Crippen molar-refractivity contribution >= 4 is 26.4 Å². The van der Waals surface area contributed by atoms with E-state index < -0.39 is 20.5 Å². The summed E-state index contributed by atoms with van der Waals surface area (Å²) in [6.07, 6.45) is -0.00753. The van der Waals surface area contributed by atoms with Crippen molar-refractivity contribution in [2.24, 2.45) is 11.8 Å². The normalized spacial score (nSPS) is 23.5. The SMILES string of the molecule is COc1ccc(COCC2[C@H](C=O)O[C@H](CC(CN3C(=O)c4ccccc4C3=O)O[Si](C)(C)C(C)(C)C)[C@@H]2C)cc1. The predicted molar refractivity (Wildman–Crippen MR) is 159 cm³/mol. The minimum absolute atomic E-state index is 0.00811. The zero-order valence-corrected chi connectivity index (χ0v) is 26.2. The molecule has 0 N–H and O–H groups in total. The first-order valence-corrected chi connectivity index (χ1v) is 17.2. The number of methoxy groups -OCH3 is 1. The second-order valence-corrected chi connectivity index (χ2v) is 17.4. The van der Waals surface area contributed by atoms with E-state index in [1.54, 1.807) is 31.4 Å². The summed E-state index contributed by atoms with van der Waals surface area (Å²) in [4.78, 5) is 39.7. The fourth-order valence-corrected chi connectivity index (χ4v) is 6.66. The molecule has 0 spiro atoms. The summed E-state index contributed by atoms with van der Waals surface area (Å²) in [5.41, 5.74) is 1.86. The molecule has 9 heteroatoms. The highest BCUT2D eigenvalue weighted by Crippen LogP contribution is 2.40. The second kappa shape index (κ2) is 12.6. The van der Waals surface area contributed by atoms with Gasteiger partial charge in [-0.1, -0.05) is 52.0 Å². The number of amides is 2. The standard InChI is InChI=1S/C32H43NO7Si/c1-21-27(20-38-19-22-12-14-23(37-5)15-13-22)29(18-34)39-28(21)16-24(40-41(6,7)32(2,3)4)17-33-30(35)25-10-8-9-11-26(25)31(33)36/h8-15,18,21,24,27-29H,16-17,19-20H2,1-7H3/t21-,24?,27?,28-,29+/m1/s1. The zero-order chi connectivity index (χ0) is 29.9. The van der Waals surface area contributed by atoms with Gasteiger partial charge in [-0.2, -0.15) is 0 Å². The number of carbonyl (C=O) groups excluding carboxylic acids is 3. The molecular formula is C32H43NO7Si. The van der Waals surface area contributed by atoms with E-state index in [-0.39, 0.29) is 41.3 Å². The first kappa shape index (κ1) is 31.1. The molecule has 2 unspecified atom stereocenters. The Balaban J connectivity index is 1.47. The maximum absolute atomic E-state index is 13.2. The van der Waals surface area contributed by atoms with Crippen LogP contribution in [0, 0.1) is 11.8 Å². The Hall–Kier alpha value is -2.85. The predicted octanol–water partition coefficient (Wildman–Crippen LogP) is 5.51. The van der Waals surface area contributed by atoms with Gasteiger partial charge in [0.1, 0.15) is 18.1 Å². The third kappa shape index (κ3) is 6.80. The number of fused-ring (bicyclic) bond motifs is 1. The van der Waals surface area contributed by atoms with Crippen molar-refractivity contribution in [3.05, 3.63) is 65.2 Å². The van der Waals surface area contributed by atoms with E-state index in [0.717, 1.165) is 17.6 Å². The van der Waals surface area contributed by atoms with Crippen LogP contribution < -0.4 is 4.74 Å². The molecule has 2 aromatic rings. The van der Waals surface area contributed by atoms with Gasteiger partial charge in [0.05, 0.1) is 50.2 Å². The molecule has 2 aromatic carbocycles. The summed E-state index contributed by atoms with van der Waals surface area (Å²) in [6, 6.07) is 14.6. The van der Waals surface area contributed by atoms with Crippen molar-refractivity contribution in [3.8, 4) is 5.75 Å². The van der Waals surface area contributed by atoms with Crippen LogP contribution in [0.15, 0.2) is 48.5 Å². The van der Waals surface area contributed by atoms with Gasteiger partial charge in [0.25, 0.3) is 11.8 Å². The van der Waals surface area contributed by atoms with Gasteiger partial charge >= 0.3 is 0 Å². The van der Waals surface area contributed by atoms with Gasteiger partial charge in [-0.3, -0.25) is 14.5 Å². The molecule has 0 saturated carbocycles. The molecule has 0 radical (unpaired) electrons. The van der Waals surface area contributed by atoms with Gasteiger partial charge in [-0.15, -0.1) is 0 Å². The van der Waals surface area contributed by atoms with Gasteiger partial charge < -0.3 is 23.4 Å². The van der Waals surface area contributed by atoms with E-state index in [2.05, 4.69) is 40.8 Å². The topological polar surface area (TPSA) is 91.4 Å². The van der Waals surface area contributed by atoms with Gasteiger partial charge in [0, 0.05) is 12.3 Å². The molecule has 222 valence electrons. The third-order valence-electron chi connectivity index (χ3n) is 8.91. The van der Waals surface area contributed by atoms with E-state index in [4.69, 9.17) is 18.6 Å². The van der Waals surface area contributed by atoms with Crippen molar-refractivity contribution in [2.45, 2.75) is 77.2 Å². The van der Waals surface area contributed by atoms with Crippen molar-refractivity contribution in [3.63, 3.8) is 0 Å². The second-order valence-electron chi connectivity index (χ2n) is 12.7. The summed E-state index contributed by atoms with van der Waals surface area (Å²) < 4.78 is 24.3. The Kier molecular flexibility index (Phi) is 9.53. The molecule has 41 heavy (non-hydrogen) atoms. The monoisotopic (exact) mass is 581 g/mol. The molecule has 1 fully saturated rings. The first-order chi connectivity index (χ1) is 19.4. The Morgan fingerprint density at radius 2 is 1.63 bits per heavy atom. The van der Waals surface area contributed by atoms with Crippen LogP contribution in [0.2, 0.25) is 18.1 Å². The average Bonchev–Trinajstić information content (AvgIpc) is 3.36. The van der Waals surface area contributed by atoms with Crippen LogP contribution in [0.5, 0.6) is 5.75 Å². The molecule has 0 bridgehead atoms. The average molecular weight is 582 g/mol. The molecule has 2 heterocycles. The number of aldehydes is 1. The number of hydrogen-bond donors (Lipinski definition) is 0. The Morgan fingerprint density at radius 3 is 2.17 bits per heavy atom. The fourth-order valence-electron chi connectivity index (χ4n) is 5.31. The quantitative estimate of drug-likeness (QED) is 0.186. The number of carbonyl (C=O) groups is 3. The molecule has 0 aromatic heterocycles. The smallest absolute Gasteiger partial charge is 0.261 e. The summed E-state index contributed by atoms with van der Waals surface area (Å²) in [6.45, 7) is 13.8. The zero-order valence-electron chi connectivity index (χ0n) is 25.2. The van der Waals surface area contributed by atoms with E-state index in [1.807, 2.05) is 24.3 Å². The molecule has 1 saturated heterocycles. The van der Waals surface area contributed by atoms with Gasteiger partial charge in [-0.05, 0) is 53.9 Å². The lowest BCUT2D eigenvalue weighted by molar-refractivity contribution is -0.120. The molecule has 2 aliphatic heterocycles. The third-order valence-corrected chi connectivity index (χ3v) is 13.4. The number of rotatable bonds is 12. The van der Waals surface area contributed by atoms with Crippen molar-refractivity contribution in [1.82, 2.24) is 4.90 Å². The van der Waals surface area contributed by atoms with Gasteiger partial charge in [-0.25, -0.2) is 0 Å². The Bertz CT molecular complexity index is 1200. The maximum Gasteiger partial charge on any atom is 0.261 e. The minimum Gasteiger partial charge on any atom is -0.497 e. The molecule has 2 amide bonds. The lowest BCUT2D eigenvalue weighted by Gasteiger charge is -2.40. The van der Waals surface area contributed by atoms with Crippen LogP contribution in [-0.4, -0.2) is 69.9 Å². The molecule has 0 aliphatic carbocycles. The minimum atomic E-state index is -2.27. The van der Waals surface area contributed by atoms with Crippen LogP contribution in [0.3, 0.4) is 0 Å². The van der Waals surface area contributed by atoms with Crippen LogP contribution in [0.25, 0.3) is 0 Å². The lowest BCUT2D eigenvalue weighted by Crippen LogP contribution is -2.49. The van der Waals surface area contributed by atoms with Gasteiger partial charge in [0.15, 0.2) is 8.32 Å². The van der Waals surface area contributed by atoms with E-state index >= 15 is 0 Å². The van der Waals surface area contributed by atoms with Crippen molar-refractivity contribution in [2.75, 3.05) is 20.3 Å². The maximum atomic E-state index is 13.2. The summed E-state index contributed by atoms with van der Waals surface area (Å²) in [5, 5.41) is -0.0709. The number of nitrogens with zero attached hydrogens (tertiary/aromatic N) is 1. The summed E-state index contributed by atoms with van der Waals surface area (Å²) >= 11 is 0. The Labute approximate surface area is 244 Å².